The van der Waals surface area contributed by atoms with Crippen molar-refractivity contribution in [2.75, 3.05) is 17.7 Å². The number of hydrogen-bond acceptors (Lipinski definition) is 4. The van der Waals surface area contributed by atoms with Crippen LogP contribution < -0.4 is 4.90 Å². The van der Waals surface area contributed by atoms with E-state index in [2.05, 4.69) is 6.07 Å². The zero-order chi connectivity index (χ0) is 15.7. The highest BCUT2D eigenvalue weighted by atomic mass is 32.2. The molecule has 1 amide bonds. The topological polar surface area (TPSA) is 64.3 Å². The number of thioether (sulfide) groups is 1. The van der Waals surface area contributed by atoms with Gasteiger partial charge in [0, 0.05) is 11.9 Å². The predicted molar refractivity (Wildman–Crippen MR) is 85.8 cm³/mol. The van der Waals surface area contributed by atoms with Crippen molar-refractivity contribution in [3.63, 3.8) is 0 Å². The quantitative estimate of drug-likeness (QED) is 0.926. The van der Waals surface area contributed by atoms with E-state index in [0.29, 0.717) is 11.3 Å². The number of carbonyl (C=O) groups excluding carboxylic acids is 1. The number of aliphatic hydroxyl groups excluding tert-OH is 1. The van der Waals surface area contributed by atoms with Crippen LogP contribution in [0.2, 0.25) is 0 Å². The summed E-state index contributed by atoms with van der Waals surface area (Å²) in [7, 11) is 1.76. The minimum Gasteiger partial charge on any atom is -0.384 e. The smallest absolute Gasteiger partial charge is 0.237 e. The fraction of sp³-hybridized carbons (Fsp3) is 0.176. The van der Waals surface area contributed by atoms with Crippen LogP contribution in [0.3, 0.4) is 0 Å². The average Bonchev–Trinajstić information content (AvgIpc) is 2.57. The molecule has 2 aromatic rings. The molecule has 1 heterocycles. The monoisotopic (exact) mass is 310 g/mol. The van der Waals surface area contributed by atoms with Gasteiger partial charge in [-0.05, 0) is 35.4 Å². The largest absolute Gasteiger partial charge is 0.384 e. The third kappa shape index (κ3) is 2.59. The lowest BCUT2D eigenvalue weighted by Gasteiger charge is -2.26. The number of fused-ring (bicyclic) bond motifs is 1. The molecule has 0 spiro atoms. The van der Waals surface area contributed by atoms with E-state index in [1.54, 1.807) is 36.2 Å². The molecule has 2 aromatic carbocycles. The molecule has 0 bridgehead atoms. The van der Waals surface area contributed by atoms with Crippen LogP contribution in [-0.2, 0) is 4.79 Å². The van der Waals surface area contributed by atoms with Crippen molar-refractivity contribution >= 4 is 23.4 Å². The van der Waals surface area contributed by atoms with Gasteiger partial charge in [0.25, 0.3) is 0 Å². The summed E-state index contributed by atoms with van der Waals surface area (Å²) in [5.74, 6) is 0.498. The van der Waals surface area contributed by atoms with Gasteiger partial charge in [-0.1, -0.05) is 18.2 Å². The van der Waals surface area contributed by atoms with E-state index in [4.69, 9.17) is 5.26 Å². The van der Waals surface area contributed by atoms with Crippen LogP contribution >= 0.6 is 11.8 Å². The number of nitriles is 1. The Morgan fingerprint density at radius 2 is 1.91 bits per heavy atom. The molecule has 1 atom stereocenters. The molecule has 3 rings (SSSR count). The van der Waals surface area contributed by atoms with Gasteiger partial charge in [0.2, 0.25) is 5.91 Å². The van der Waals surface area contributed by atoms with Crippen LogP contribution in [0.1, 0.15) is 22.8 Å². The molecule has 4 nitrogen and oxygen atoms in total. The molecule has 22 heavy (non-hydrogen) atoms. The SMILES string of the molecule is CN1C(=O)CSc2cc(C(O)c3ccc(C#N)cc3)ccc21. The van der Waals surface area contributed by atoms with Gasteiger partial charge in [-0.15, -0.1) is 11.8 Å². The zero-order valence-corrected chi connectivity index (χ0v) is 12.8. The van der Waals surface area contributed by atoms with Gasteiger partial charge in [-0.25, -0.2) is 0 Å². The Morgan fingerprint density at radius 1 is 1.23 bits per heavy atom. The maximum atomic E-state index is 11.7. The molecule has 0 saturated heterocycles. The third-order valence-electron chi connectivity index (χ3n) is 3.74. The van der Waals surface area contributed by atoms with Crippen molar-refractivity contribution in [1.29, 1.82) is 5.26 Å². The molecule has 5 heteroatoms. The van der Waals surface area contributed by atoms with Crippen molar-refractivity contribution in [3.8, 4) is 6.07 Å². The molecule has 0 radical (unpaired) electrons. The third-order valence-corrected chi connectivity index (χ3v) is 4.77. The normalized spacial score (nSPS) is 15.1. The fourth-order valence-electron chi connectivity index (χ4n) is 2.40. The highest BCUT2D eigenvalue weighted by Gasteiger charge is 2.22. The van der Waals surface area contributed by atoms with E-state index in [1.807, 2.05) is 18.2 Å². The maximum absolute atomic E-state index is 11.7. The van der Waals surface area contributed by atoms with E-state index < -0.39 is 6.10 Å². The van der Waals surface area contributed by atoms with Crippen LogP contribution in [0, 0.1) is 11.3 Å². The van der Waals surface area contributed by atoms with Crippen molar-refractivity contribution < 1.29 is 9.90 Å². The number of anilines is 1. The number of amides is 1. The molecule has 1 unspecified atom stereocenters. The Hall–Kier alpha value is -2.29. The Kier molecular flexibility index (Phi) is 3.88. The minimum absolute atomic E-state index is 0.0814. The van der Waals surface area contributed by atoms with Gasteiger partial charge >= 0.3 is 0 Å². The highest BCUT2D eigenvalue weighted by Crippen LogP contribution is 2.37. The van der Waals surface area contributed by atoms with Crippen LogP contribution in [0.25, 0.3) is 0 Å². The zero-order valence-electron chi connectivity index (χ0n) is 12.0. The lowest BCUT2D eigenvalue weighted by molar-refractivity contribution is -0.116. The Bertz CT molecular complexity index is 765. The summed E-state index contributed by atoms with van der Waals surface area (Å²) < 4.78 is 0. The molecule has 110 valence electrons. The minimum atomic E-state index is -0.749. The van der Waals surface area contributed by atoms with E-state index in [9.17, 15) is 9.90 Å². The maximum Gasteiger partial charge on any atom is 0.237 e. The van der Waals surface area contributed by atoms with Gasteiger partial charge in [-0.2, -0.15) is 5.26 Å². The summed E-state index contributed by atoms with van der Waals surface area (Å²) in [5.41, 5.74) is 2.96. The van der Waals surface area contributed by atoms with E-state index in [1.165, 1.54) is 11.8 Å². The van der Waals surface area contributed by atoms with Crippen LogP contribution in [0.4, 0.5) is 5.69 Å². The predicted octanol–water partition coefficient (Wildman–Crippen LogP) is 2.71. The first-order chi connectivity index (χ1) is 10.6. The molecule has 1 aliphatic rings. The van der Waals surface area contributed by atoms with E-state index in [0.717, 1.165) is 21.7 Å². The number of carbonyl (C=O) groups is 1. The second-order valence-electron chi connectivity index (χ2n) is 5.10. The van der Waals surface area contributed by atoms with Gasteiger partial charge < -0.3 is 10.0 Å². The van der Waals surface area contributed by atoms with Crippen molar-refractivity contribution in [2.45, 2.75) is 11.0 Å². The first-order valence-corrected chi connectivity index (χ1v) is 7.80. The molecule has 1 aliphatic heterocycles. The molecule has 0 aliphatic carbocycles. The lowest BCUT2D eigenvalue weighted by Crippen LogP contribution is -2.31. The molecule has 0 saturated carbocycles. The number of benzene rings is 2. The highest BCUT2D eigenvalue weighted by molar-refractivity contribution is 8.00. The van der Waals surface area contributed by atoms with Gasteiger partial charge in [-0.3, -0.25) is 4.79 Å². The number of nitrogens with zero attached hydrogens (tertiary/aromatic N) is 2. The summed E-state index contributed by atoms with van der Waals surface area (Å²) in [6.07, 6.45) is -0.749. The van der Waals surface area contributed by atoms with Gasteiger partial charge in [0.05, 0.1) is 23.1 Å². The second-order valence-corrected chi connectivity index (χ2v) is 6.12. The molecular weight excluding hydrogens is 296 g/mol. The van der Waals surface area contributed by atoms with Crippen LogP contribution in [0.5, 0.6) is 0 Å². The Balaban J connectivity index is 1.92. The molecule has 1 N–H and O–H groups in total. The average molecular weight is 310 g/mol. The van der Waals surface area contributed by atoms with E-state index in [-0.39, 0.29) is 5.91 Å². The first-order valence-electron chi connectivity index (χ1n) is 6.81. The Morgan fingerprint density at radius 3 is 2.59 bits per heavy atom. The summed E-state index contributed by atoms with van der Waals surface area (Å²) in [6.45, 7) is 0. The standard InChI is InChI=1S/C17H14N2O2S/c1-19-14-7-6-13(8-15(14)22-10-16(19)20)17(21)12-4-2-11(9-18)3-5-12/h2-8,17,21H,10H2,1H3. The van der Waals surface area contributed by atoms with E-state index >= 15 is 0 Å². The molecule has 0 aromatic heterocycles. The Labute approximate surface area is 133 Å². The molecule has 0 fully saturated rings. The van der Waals surface area contributed by atoms with Crippen LogP contribution in [-0.4, -0.2) is 23.8 Å². The van der Waals surface area contributed by atoms with Gasteiger partial charge in [0.15, 0.2) is 0 Å². The summed E-state index contributed by atoms with van der Waals surface area (Å²) in [4.78, 5) is 14.3. The number of aliphatic hydroxyl groups is 1. The summed E-state index contributed by atoms with van der Waals surface area (Å²) >= 11 is 1.49. The number of hydrogen-bond donors (Lipinski definition) is 1. The number of rotatable bonds is 2. The molecular formula is C17H14N2O2S. The van der Waals surface area contributed by atoms with Crippen molar-refractivity contribution in [1.82, 2.24) is 0 Å². The van der Waals surface area contributed by atoms with Crippen LogP contribution in [0.15, 0.2) is 47.4 Å². The van der Waals surface area contributed by atoms with Crippen molar-refractivity contribution in [2.24, 2.45) is 0 Å². The van der Waals surface area contributed by atoms with Crippen molar-refractivity contribution in [3.05, 3.63) is 59.2 Å². The second kappa shape index (κ2) is 5.84. The summed E-state index contributed by atoms with van der Waals surface area (Å²) in [6, 6.07) is 14.6. The first kappa shape index (κ1) is 14.6. The summed E-state index contributed by atoms with van der Waals surface area (Å²) in [5, 5.41) is 19.3. The fourth-order valence-corrected chi connectivity index (χ4v) is 3.44. The lowest BCUT2D eigenvalue weighted by atomic mass is 10.00. The van der Waals surface area contributed by atoms with Gasteiger partial charge in [0.1, 0.15) is 6.10 Å².